The lowest BCUT2D eigenvalue weighted by atomic mass is 10.0. The summed E-state index contributed by atoms with van der Waals surface area (Å²) in [5.41, 5.74) is 1.20. The lowest BCUT2D eigenvalue weighted by Crippen LogP contribution is -2.53. The highest BCUT2D eigenvalue weighted by Gasteiger charge is 2.35. The van der Waals surface area contributed by atoms with Crippen LogP contribution in [0.1, 0.15) is 25.0 Å². The fraction of sp³-hybridized carbons (Fsp3) is 0.257. The zero-order chi connectivity index (χ0) is 32.4. The highest BCUT2D eigenvalue weighted by molar-refractivity contribution is 7.92. The third kappa shape index (κ3) is 8.69. The van der Waals surface area contributed by atoms with Crippen LogP contribution >= 0.6 is 0 Å². The predicted molar refractivity (Wildman–Crippen MR) is 173 cm³/mol. The molecule has 0 aliphatic heterocycles. The van der Waals surface area contributed by atoms with Gasteiger partial charge in [0.1, 0.15) is 24.2 Å². The quantitative estimate of drug-likeness (QED) is 0.200. The van der Waals surface area contributed by atoms with Crippen LogP contribution < -0.4 is 14.4 Å². The average Bonchev–Trinajstić information content (AvgIpc) is 3.05. The molecule has 1 N–H and O–H groups in total. The molecule has 0 aliphatic rings. The first kappa shape index (κ1) is 33.2. The van der Waals surface area contributed by atoms with Gasteiger partial charge >= 0.3 is 0 Å². The van der Waals surface area contributed by atoms with Crippen LogP contribution in [0.3, 0.4) is 0 Å². The summed E-state index contributed by atoms with van der Waals surface area (Å²) in [5.74, 6) is -1.15. The largest absolute Gasteiger partial charge is 0.497 e. The summed E-state index contributed by atoms with van der Waals surface area (Å²) in [6.45, 7) is 3.54. The second-order valence-corrected chi connectivity index (χ2v) is 12.9. The maximum absolute atomic E-state index is 15.2. The first-order valence-corrected chi connectivity index (χ1v) is 16.1. The molecule has 0 aromatic heterocycles. The van der Waals surface area contributed by atoms with Crippen molar-refractivity contribution >= 4 is 27.5 Å². The zero-order valence-corrected chi connectivity index (χ0v) is 26.4. The fourth-order valence-corrected chi connectivity index (χ4v) is 6.27. The number of sulfonamides is 1. The van der Waals surface area contributed by atoms with Crippen molar-refractivity contribution in [2.75, 3.05) is 24.5 Å². The molecule has 45 heavy (non-hydrogen) atoms. The fourth-order valence-electron chi connectivity index (χ4n) is 4.83. The van der Waals surface area contributed by atoms with E-state index in [0.29, 0.717) is 17.9 Å². The van der Waals surface area contributed by atoms with E-state index in [9.17, 15) is 18.0 Å². The summed E-state index contributed by atoms with van der Waals surface area (Å²) in [6, 6.07) is 28.3. The normalized spacial score (nSPS) is 11.9. The van der Waals surface area contributed by atoms with E-state index in [0.717, 1.165) is 15.9 Å². The SMILES string of the molecule is COc1cccc(CN(C(=O)CN(c2ccccc2F)S(=O)(=O)c2ccccc2)[C@@H](Cc2ccccc2)C(=O)NCC(C)C)c1. The van der Waals surface area contributed by atoms with Gasteiger partial charge in [-0.15, -0.1) is 0 Å². The second-order valence-electron chi connectivity index (χ2n) is 11.0. The van der Waals surface area contributed by atoms with Crippen molar-refractivity contribution in [2.45, 2.75) is 37.8 Å². The predicted octanol–water partition coefficient (Wildman–Crippen LogP) is 5.44. The van der Waals surface area contributed by atoms with E-state index in [4.69, 9.17) is 4.74 Å². The van der Waals surface area contributed by atoms with Crippen LogP contribution in [-0.4, -0.2) is 51.4 Å². The minimum atomic E-state index is -4.39. The molecule has 0 bridgehead atoms. The number of carbonyl (C=O) groups excluding carboxylic acids is 2. The maximum atomic E-state index is 15.2. The van der Waals surface area contributed by atoms with Gasteiger partial charge in [0.05, 0.1) is 17.7 Å². The monoisotopic (exact) mass is 631 g/mol. The standard InChI is InChI=1S/C35H38FN3O5S/c1-26(2)23-37-35(41)33(22-27-13-6-4-7-14-27)38(24-28-15-12-16-29(21-28)44-3)34(40)25-39(32-20-11-10-19-31(32)36)45(42,43)30-17-8-5-9-18-30/h4-21,26,33H,22-25H2,1-3H3,(H,37,41)/t33-/m0/s1. The molecule has 1 atom stereocenters. The lowest BCUT2D eigenvalue weighted by Gasteiger charge is -2.34. The van der Waals surface area contributed by atoms with E-state index in [2.05, 4.69) is 5.32 Å². The van der Waals surface area contributed by atoms with Crippen LogP contribution in [0.25, 0.3) is 0 Å². The number of para-hydroxylation sites is 1. The van der Waals surface area contributed by atoms with Crippen molar-refractivity contribution in [1.29, 1.82) is 0 Å². The van der Waals surface area contributed by atoms with Crippen LogP contribution in [0.15, 0.2) is 114 Å². The molecule has 4 aromatic carbocycles. The molecule has 0 unspecified atom stereocenters. The molecule has 2 amide bonds. The van der Waals surface area contributed by atoms with E-state index in [1.165, 1.54) is 42.3 Å². The van der Waals surface area contributed by atoms with Gasteiger partial charge in [-0.05, 0) is 53.4 Å². The highest BCUT2D eigenvalue weighted by Crippen LogP contribution is 2.27. The summed E-state index contributed by atoms with van der Waals surface area (Å²) in [5, 5.41) is 2.95. The summed E-state index contributed by atoms with van der Waals surface area (Å²) in [7, 11) is -2.86. The number of nitrogens with one attached hydrogen (secondary N) is 1. The van der Waals surface area contributed by atoms with Crippen LogP contribution in [0, 0.1) is 11.7 Å². The number of ether oxygens (including phenoxy) is 1. The average molecular weight is 632 g/mol. The van der Waals surface area contributed by atoms with Crippen molar-refractivity contribution in [2.24, 2.45) is 5.92 Å². The number of carbonyl (C=O) groups is 2. The molecule has 8 nitrogen and oxygen atoms in total. The van der Waals surface area contributed by atoms with E-state index < -0.39 is 34.3 Å². The van der Waals surface area contributed by atoms with E-state index in [-0.39, 0.29) is 35.4 Å². The molecule has 4 rings (SSSR count). The minimum absolute atomic E-state index is 0.0286. The Kier molecular flexibility index (Phi) is 11.3. The first-order chi connectivity index (χ1) is 21.6. The number of hydrogen-bond acceptors (Lipinski definition) is 5. The Balaban J connectivity index is 1.81. The van der Waals surface area contributed by atoms with Crippen molar-refractivity contribution < 1.29 is 27.1 Å². The molecular formula is C35H38FN3O5S. The van der Waals surface area contributed by atoms with Gasteiger partial charge in [0.2, 0.25) is 11.8 Å². The van der Waals surface area contributed by atoms with Gasteiger partial charge in [0.15, 0.2) is 0 Å². The smallest absolute Gasteiger partial charge is 0.264 e. The van der Waals surface area contributed by atoms with E-state index >= 15 is 4.39 Å². The summed E-state index contributed by atoms with van der Waals surface area (Å²) in [4.78, 5) is 29.5. The van der Waals surface area contributed by atoms with Crippen molar-refractivity contribution in [3.05, 3.63) is 126 Å². The summed E-state index contributed by atoms with van der Waals surface area (Å²) < 4.78 is 49.3. The van der Waals surface area contributed by atoms with Gasteiger partial charge in [-0.2, -0.15) is 0 Å². The van der Waals surface area contributed by atoms with Gasteiger partial charge in [-0.1, -0.05) is 86.6 Å². The van der Waals surface area contributed by atoms with Crippen molar-refractivity contribution in [3.63, 3.8) is 0 Å². The molecule has 10 heteroatoms. The molecule has 0 spiro atoms. The van der Waals surface area contributed by atoms with Crippen LogP contribution in [0.5, 0.6) is 5.75 Å². The highest BCUT2D eigenvalue weighted by atomic mass is 32.2. The number of hydrogen-bond donors (Lipinski definition) is 1. The molecule has 0 heterocycles. The van der Waals surface area contributed by atoms with Gasteiger partial charge in [-0.25, -0.2) is 12.8 Å². The Morgan fingerprint density at radius 2 is 1.47 bits per heavy atom. The number of benzene rings is 4. The maximum Gasteiger partial charge on any atom is 0.264 e. The minimum Gasteiger partial charge on any atom is -0.497 e. The Morgan fingerprint density at radius 1 is 0.844 bits per heavy atom. The molecule has 0 aliphatic carbocycles. The number of rotatable bonds is 14. The third-order valence-electron chi connectivity index (χ3n) is 7.17. The number of halogens is 1. The molecule has 0 fully saturated rings. The van der Waals surface area contributed by atoms with Crippen LogP contribution in [0.4, 0.5) is 10.1 Å². The van der Waals surface area contributed by atoms with Gasteiger partial charge in [0, 0.05) is 19.5 Å². The number of anilines is 1. The molecule has 0 saturated heterocycles. The Labute approximate surface area is 264 Å². The van der Waals surface area contributed by atoms with Crippen LogP contribution in [-0.2, 0) is 32.6 Å². The molecule has 0 radical (unpaired) electrons. The topological polar surface area (TPSA) is 96.0 Å². The van der Waals surface area contributed by atoms with Crippen molar-refractivity contribution in [1.82, 2.24) is 10.2 Å². The molecule has 4 aromatic rings. The van der Waals surface area contributed by atoms with Gasteiger partial charge < -0.3 is 15.0 Å². The molecule has 0 saturated carbocycles. The third-order valence-corrected chi connectivity index (χ3v) is 8.95. The van der Waals surface area contributed by atoms with E-state index in [1.807, 2.05) is 44.2 Å². The van der Waals surface area contributed by atoms with Crippen LogP contribution in [0.2, 0.25) is 0 Å². The van der Waals surface area contributed by atoms with Gasteiger partial charge in [-0.3, -0.25) is 13.9 Å². The number of amides is 2. The number of methoxy groups -OCH3 is 1. The second kappa shape index (κ2) is 15.3. The summed E-state index contributed by atoms with van der Waals surface area (Å²) >= 11 is 0. The Bertz CT molecular complexity index is 1680. The van der Waals surface area contributed by atoms with Crippen molar-refractivity contribution in [3.8, 4) is 5.75 Å². The van der Waals surface area contributed by atoms with Gasteiger partial charge in [0.25, 0.3) is 10.0 Å². The molecule has 236 valence electrons. The van der Waals surface area contributed by atoms with E-state index in [1.54, 1.807) is 42.5 Å². The Hall–Kier alpha value is -4.70. The number of nitrogens with zero attached hydrogens (tertiary/aromatic N) is 2. The lowest BCUT2D eigenvalue weighted by molar-refractivity contribution is -0.140. The molecular weight excluding hydrogens is 593 g/mol. The zero-order valence-electron chi connectivity index (χ0n) is 25.6. The Morgan fingerprint density at radius 3 is 2.11 bits per heavy atom. The summed E-state index contributed by atoms with van der Waals surface area (Å²) in [6.07, 6.45) is 0.172. The first-order valence-electron chi connectivity index (χ1n) is 14.7.